The Morgan fingerprint density at radius 1 is 0.878 bits per heavy atom. The van der Waals surface area contributed by atoms with Gasteiger partial charge in [-0.15, -0.1) is 0 Å². The first-order chi connectivity index (χ1) is 19.2. The molecular formula is C30H35N3O6S2. The Balaban J connectivity index is 1.25. The molecule has 0 spiro atoms. The van der Waals surface area contributed by atoms with Gasteiger partial charge >= 0.3 is 0 Å². The van der Waals surface area contributed by atoms with Gasteiger partial charge < -0.3 is 10.1 Å². The summed E-state index contributed by atoms with van der Waals surface area (Å²) >= 11 is 0. The number of sulfonamides is 2. The van der Waals surface area contributed by atoms with Crippen molar-refractivity contribution in [2.24, 2.45) is 10.8 Å². The predicted octanol–water partition coefficient (Wildman–Crippen LogP) is 5.34. The van der Waals surface area contributed by atoms with Crippen LogP contribution < -0.4 is 14.8 Å². The zero-order valence-corrected chi connectivity index (χ0v) is 25.2. The number of methoxy groups -OCH3 is 1. The smallest absolute Gasteiger partial charge is 0.262 e. The Morgan fingerprint density at radius 2 is 1.51 bits per heavy atom. The highest BCUT2D eigenvalue weighted by molar-refractivity contribution is 7.92. The Kier molecular flexibility index (Phi) is 7.42. The third-order valence-corrected chi connectivity index (χ3v) is 11.2. The number of benzene rings is 3. The molecule has 0 radical (unpaired) electrons. The fourth-order valence-corrected chi connectivity index (χ4v) is 9.30. The van der Waals surface area contributed by atoms with Crippen molar-refractivity contribution in [2.75, 3.05) is 23.7 Å². The molecule has 5 rings (SSSR count). The van der Waals surface area contributed by atoms with Crippen LogP contribution in [0.1, 0.15) is 50.4 Å². The lowest BCUT2D eigenvalue weighted by molar-refractivity contribution is 0.102. The van der Waals surface area contributed by atoms with Gasteiger partial charge in [0.15, 0.2) is 0 Å². The summed E-state index contributed by atoms with van der Waals surface area (Å²) in [6, 6.07) is 18.3. The predicted molar refractivity (Wildman–Crippen MR) is 158 cm³/mol. The van der Waals surface area contributed by atoms with Crippen LogP contribution in [0.2, 0.25) is 0 Å². The van der Waals surface area contributed by atoms with Crippen molar-refractivity contribution >= 4 is 37.3 Å². The molecule has 2 fully saturated rings. The molecular weight excluding hydrogens is 562 g/mol. The highest BCUT2D eigenvalue weighted by Crippen LogP contribution is 2.53. The molecule has 1 saturated carbocycles. The first-order valence-electron chi connectivity index (χ1n) is 13.4. The second kappa shape index (κ2) is 10.5. The van der Waals surface area contributed by atoms with E-state index in [9.17, 15) is 21.6 Å². The van der Waals surface area contributed by atoms with Crippen LogP contribution in [-0.4, -0.2) is 46.7 Å². The number of para-hydroxylation sites is 2. The Morgan fingerprint density at radius 3 is 2.17 bits per heavy atom. The maximum absolute atomic E-state index is 13.5. The molecule has 1 aliphatic carbocycles. The number of hydrogen-bond acceptors (Lipinski definition) is 6. The molecule has 41 heavy (non-hydrogen) atoms. The molecule has 11 heteroatoms. The van der Waals surface area contributed by atoms with Gasteiger partial charge in [0.25, 0.3) is 15.9 Å². The highest BCUT2D eigenvalue weighted by Gasteiger charge is 2.53. The molecule has 3 aromatic rings. The van der Waals surface area contributed by atoms with E-state index in [1.165, 1.54) is 55.6 Å². The van der Waals surface area contributed by atoms with Crippen LogP contribution in [0.15, 0.2) is 82.6 Å². The molecule has 1 amide bonds. The largest absolute Gasteiger partial charge is 0.495 e. The van der Waals surface area contributed by atoms with Crippen LogP contribution in [0, 0.1) is 10.8 Å². The summed E-state index contributed by atoms with van der Waals surface area (Å²) in [6.45, 7) is 7.08. The summed E-state index contributed by atoms with van der Waals surface area (Å²) in [5.74, 6) is -0.0526. The van der Waals surface area contributed by atoms with Crippen LogP contribution in [0.3, 0.4) is 0 Å². The molecule has 1 heterocycles. The molecule has 2 aliphatic rings. The maximum atomic E-state index is 13.5. The lowest BCUT2D eigenvalue weighted by atomic mass is 9.65. The number of ether oxygens (including phenoxy) is 1. The number of nitrogens with one attached hydrogen (secondary N) is 2. The molecule has 2 atom stereocenters. The number of amides is 1. The number of anilines is 2. The van der Waals surface area contributed by atoms with Gasteiger partial charge in [-0.05, 0) is 90.8 Å². The van der Waals surface area contributed by atoms with Gasteiger partial charge in [-0.3, -0.25) is 9.52 Å². The fraction of sp³-hybridized carbons (Fsp3) is 0.367. The molecule has 9 nitrogen and oxygen atoms in total. The monoisotopic (exact) mass is 597 g/mol. The summed E-state index contributed by atoms with van der Waals surface area (Å²) in [7, 11) is -6.13. The van der Waals surface area contributed by atoms with Gasteiger partial charge in [0.1, 0.15) is 5.75 Å². The van der Waals surface area contributed by atoms with E-state index in [2.05, 4.69) is 30.8 Å². The van der Waals surface area contributed by atoms with Crippen LogP contribution in [-0.2, 0) is 20.0 Å². The first kappa shape index (κ1) is 29.1. The SMILES string of the molecule is COc1ccccc1NS(=O)(=O)c1ccc(NC(=O)c2ccc(S(=O)(=O)N3C[C@@]4(C)C[C@H]3CC(C)(C)C4)cc2)cc1. The van der Waals surface area contributed by atoms with Gasteiger partial charge in [-0.1, -0.05) is 32.9 Å². The standard InChI is InChI=1S/C30H35N3O6S2/c1-29(2)17-23-18-30(3,19-29)20-33(23)41(37,38)25-13-9-21(10-14-25)28(34)31-22-11-15-24(16-12-22)40(35,36)32-26-7-5-6-8-27(26)39-4/h5-16,23,32H,17-20H2,1-4H3,(H,31,34)/t23-,30+/m1/s1. The van der Waals surface area contributed by atoms with Gasteiger partial charge in [0.05, 0.1) is 22.6 Å². The van der Waals surface area contributed by atoms with Gasteiger partial charge in [0, 0.05) is 23.8 Å². The van der Waals surface area contributed by atoms with E-state index in [0.29, 0.717) is 23.7 Å². The summed E-state index contributed by atoms with van der Waals surface area (Å²) < 4.78 is 62.1. The van der Waals surface area contributed by atoms with Crippen molar-refractivity contribution in [2.45, 2.75) is 55.9 Å². The minimum Gasteiger partial charge on any atom is -0.495 e. The van der Waals surface area contributed by atoms with Crippen molar-refractivity contribution in [1.82, 2.24) is 4.31 Å². The first-order valence-corrected chi connectivity index (χ1v) is 16.3. The van der Waals surface area contributed by atoms with E-state index in [1.54, 1.807) is 28.6 Å². The van der Waals surface area contributed by atoms with E-state index in [-0.39, 0.29) is 32.2 Å². The molecule has 0 unspecified atom stereocenters. The average Bonchev–Trinajstić information content (AvgIpc) is 3.18. The number of carbonyl (C=O) groups is 1. The van der Waals surface area contributed by atoms with Gasteiger partial charge in [-0.2, -0.15) is 4.31 Å². The van der Waals surface area contributed by atoms with E-state index >= 15 is 0 Å². The molecule has 2 N–H and O–H groups in total. The number of fused-ring (bicyclic) bond motifs is 2. The van der Waals surface area contributed by atoms with Crippen LogP contribution in [0.5, 0.6) is 5.75 Å². The zero-order valence-electron chi connectivity index (χ0n) is 23.5. The molecule has 1 saturated heterocycles. The van der Waals surface area contributed by atoms with Crippen molar-refractivity contribution in [3.05, 3.63) is 78.4 Å². The lowest BCUT2D eigenvalue weighted by Gasteiger charge is -2.39. The van der Waals surface area contributed by atoms with E-state index in [4.69, 9.17) is 4.74 Å². The van der Waals surface area contributed by atoms with Gasteiger partial charge in [-0.25, -0.2) is 16.8 Å². The topological polar surface area (TPSA) is 122 Å². The van der Waals surface area contributed by atoms with Crippen LogP contribution in [0.25, 0.3) is 0 Å². The minimum absolute atomic E-state index is 0.0135. The Hall–Kier alpha value is -3.41. The average molecular weight is 598 g/mol. The summed E-state index contributed by atoms with van der Waals surface area (Å²) in [6.07, 6.45) is 2.69. The number of hydrogen-bond donors (Lipinski definition) is 2. The van der Waals surface area contributed by atoms with Crippen molar-refractivity contribution in [3.63, 3.8) is 0 Å². The van der Waals surface area contributed by atoms with Crippen LogP contribution in [0.4, 0.5) is 11.4 Å². The quantitative estimate of drug-likeness (QED) is 0.362. The Bertz CT molecular complexity index is 1670. The number of nitrogens with zero attached hydrogens (tertiary/aromatic N) is 1. The number of rotatable bonds is 8. The van der Waals surface area contributed by atoms with Crippen molar-refractivity contribution in [3.8, 4) is 5.75 Å². The minimum atomic E-state index is -3.89. The molecule has 2 bridgehead atoms. The molecule has 0 aromatic heterocycles. The molecule has 1 aliphatic heterocycles. The summed E-state index contributed by atoms with van der Waals surface area (Å²) in [5.41, 5.74) is 1.05. The normalized spacial score (nSPS) is 22.2. The van der Waals surface area contributed by atoms with E-state index in [0.717, 1.165) is 19.3 Å². The molecule has 3 aromatic carbocycles. The van der Waals surface area contributed by atoms with E-state index < -0.39 is 26.0 Å². The van der Waals surface area contributed by atoms with E-state index in [1.807, 2.05) is 0 Å². The Labute approximate surface area is 242 Å². The fourth-order valence-electron chi connectivity index (χ4n) is 6.46. The second-order valence-corrected chi connectivity index (χ2v) is 15.6. The number of carbonyl (C=O) groups excluding carboxylic acids is 1. The highest BCUT2D eigenvalue weighted by atomic mass is 32.2. The zero-order chi connectivity index (χ0) is 29.6. The third kappa shape index (κ3) is 5.98. The third-order valence-electron chi connectivity index (χ3n) is 7.86. The van der Waals surface area contributed by atoms with Crippen LogP contribution >= 0.6 is 0 Å². The summed E-state index contributed by atoms with van der Waals surface area (Å²) in [4.78, 5) is 13.1. The maximum Gasteiger partial charge on any atom is 0.262 e. The van der Waals surface area contributed by atoms with Gasteiger partial charge in [0.2, 0.25) is 10.0 Å². The second-order valence-electron chi connectivity index (χ2n) is 12.1. The summed E-state index contributed by atoms with van der Waals surface area (Å²) in [5, 5.41) is 2.73. The van der Waals surface area contributed by atoms with Crippen molar-refractivity contribution < 1.29 is 26.4 Å². The lowest BCUT2D eigenvalue weighted by Crippen LogP contribution is -2.37. The molecule has 218 valence electrons. The van der Waals surface area contributed by atoms with Crippen molar-refractivity contribution in [1.29, 1.82) is 0 Å².